The van der Waals surface area contributed by atoms with Crippen LogP contribution in [0.4, 0.5) is 0 Å². The summed E-state index contributed by atoms with van der Waals surface area (Å²) < 4.78 is 0. The molecule has 1 saturated carbocycles. The smallest absolute Gasteiger partial charge is 0.0406 e. The number of hydrogen-bond donors (Lipinski definition) is 0. The van der Waals surface area contributed by atoms with Gasteiger partial charge in [-0.25, -0.2) is 0 Å². The predicted octanol–water partition coefficient (Wildman–Crippen LogP) is 9.29. The molecule has 4 unspecified atom stereocenters. The molecule has 31 heavy (non-hydrogen) atoms. The minimum absolute atomic E-state index is 0.417. The normalized spacial score (nSPS) is 24.4. The summed E-state index contributed by atoms with van der Waals surface area (Å²) in [5.74, 6) is 1.91. The summed E-state index contributed by atoms with van der Waals surface area (Å²) in [5.41, 5.74) is 5.24. The molecule has 0 nitrogen and oxygen atoms in total. The molecule has 0 amide bonds. The lowest BCUT2D eigenvalue weighted by Gasteiger charge is -2.40. The van der Waals surface area contributed by atoms with E-state index in [4.69, 9.17) is 23.2 Å². The van der Waals surface area contributed by atoms with Gasteiger partial charge in [-0.3, -0.25) is 0 Å². The third-order valence-corrected chi connectivity index (χ3v) is 7.48. The largest absolute Gasteiger partial charge is 0.0953 e. The van der Waals surface area contributed by atoms with Crippen LogP contribution in [-0.2, 0) is 0 Å². The molecule has 0 heterocycles. The van der Waals surface area contributed by atoms with Crippen molar-refractivity contribution in [2.75, 3.05) is 0 Å². The molecule has 0 spiro atoms. The fourth-order valence-electron chi connectivity index (χ4n) is 5.25. The van der Waals surface area contributed by atoms with E-state index in [1.165, 1.54) is 35.1 Å². The zero-order chi connectivity index (χ0) is 21.8. The average molecular weight is 449 g/mol. The van der Waals surface area contributed by atoms with E-state index < -0.39 is 0 Å². The van der Waals surface area contributed by atoms with Crippen LogP contribution in [0.25, 0.3) is 6.08 Å². The Morgan fingerprint density at radius 3 is 2.29 bits per heavy atom. The molecule has 4 rings (SSSR count). The van der Waals surface area contributed by atoms with Crippen molar-refractivity contribution < 1.29 is 0 Å². The van der Waals surface area contributed by atoms with Crippen molar-refractivity contribution in [3.8, 4) is 0 Å². The number of hydrogen-bond acceptors (Lipinski definition) is 0. The third kappa shape index (κ3) is 5.25. The second kappa shape index (κ2) is 10.1. The highest BCUT2D eigenvalue weighted by molar-refractivity contribution is 6.30. The second-order valence-corrected chi connectivity index (χ2v) is 9.77. The molecule has 2 aliphatic rings. The van der Waals surface area contributed by atoms with E-state index in [9.17, 15) is 0 Å². The van der Waals surface area contributed by atoms with Gasteiger partial charge in [-0.05, 0) is 95.9 Å². The summed E-state index contributed by atoms with van der Waals surface area (Å²) in [5, 5.41) is 1.56. The molecule has 4 atom stereocenters. The van der Waals surface area contributed by atoms with Gasteiger partial charge in [-0.15, -0.1) is 0 Å². The molecule has 0 aromatic heterocycles. The number of allylic oxidation sites excluding steroid dienone is 6. The maximum Gasteiger partial charge on any atom is 0.0406 e. The maximum absolute atomic E-state index is 6.23. The first-order valence-electron chi connectivity index (χ1n) is 11.3. The van der Waals surface area contributed by atoms with Gasteiger partial charge in [0.15, 0.2) is 0 Å². The van der Waals surface area contributed by atoms with E-state index >= 15 is 0 Å². The van der Waals surface area contributed by atoms with Crippen LogP contribution in [0.1, 0.15) is 49.7 Å². The summed E-state index contributed by atoms with van der Waals surface area (Å²) in [7, 11) is 0. The Balaban J connectivity index is 1.67. The summed E-state index contributed by atoms with van der Waals surface area (Å²) in [4.78, 5) is 0. The number of halogens is 2. The average Bonchev–Trinajstić information content (AvgIpc) is 2.79. The van der Waals surface area contributed by atoms with Crippen molar-refractivity contribution in [1.82, 2.24) is 0 Å². The van der Waals surface area contributed by atoms with E-state index in [1.807, 2.05) is 24.3 Å². The van der Waals surface area contributed by atoms with Crippen molar-refractivity contribution >= 4 is 29.3 Å². The highest BCUT2D eigenvalue weighted by Gasteiger charge is 2.35. The first kappa shape index (κ1) is 22.2. The highest BCUT2D eigenvalue weighted by Crippen LogP contribution is 2.48. The van der Waals surface area contributed by atoms with Crippen molar-refractivity contribution in [1.29, 1.82) is 0 Å². The zero-order valence-electron chi connectivity index (χ0n) is 18.1. The van der Waals surface area contributed by atoms with Crippen molar-refractivity contribution in [2.24, 2.45) is 17.8 Å². The van der Waals surface area contributed by atoms with Gasteiger partial charge in [-0.1, -0.05) is 91.4 Å². The van der Waals surface area contributed by atoms with Gasteiger partial charge < -0.3 is 0 Å². The lowest BCUT2D eigenvalue weighted by atomic mass is 9.64. The summed E-state index contributed by atoms with van der Waals surface area (Å²) in [6.45, 7) is 7.04. The van der Waals surface area contributed by atoms with Gasteiger partial charge in [0, 0.05) is 10.0 Å². The van der Waals surface area contributed by atoms with Gasteiger partial charge in [0.2, 0.25) is 0 Å². The molecule has 2 aromatic carbocycles. The predicted molar refractivity (Wildman–Crippen MR) is 136 cm³/mol. The lowest BCUT2D eigenvalue weighted by molar-refractivity contribution is 0.275. The molecule has 0 N–H and O–H groups in total. The monoisotopic (exact) mass is 448 g/mol. The van der Waals surface area contributed by atoms with Crippen molar-refractivity contribution in [2.45, 2.75) is 38.5 Å². The SMILES string of the molecule is C=C1/C(=C/c2ccc(Cl)cc2)CCCC1C(c1ccc(Cl)cc1)C(C)C1C=CC=CC1. The van der Waals surface area contributed by atoms with Crippen LogP contribution >= 0.6 is 23.2 Å². The number of benzene rings is 2. The first-order valence-corrected chi connectivity index (χ1v) is 12.0. The highest BCUT2D eigenvalue weighted by atomic mass is 35.5. The van der Waals surface area contributed by atoms with Crippen LogP contribution in [0.15, 0.2) is 90.6 Å². The molecule has 0 bridgehead atoms. The van der Waals surface area contributed by atoms with Gasteiger partial charge >= 0.3 is 0 Å². The second-order valence-electron chi connectivity index (χ2n) is 8.89. The summed E-state index contributed by atoms with van der Waals surface area (Å²) in [6, 6.07) is 16.6. The molecule has 160 valence electrons. The van der Waals surface area contributed by atoms with Crippen LogP contribution in [-0.4, -0.2) is 0 Å². The van der Waals surface area contributed by atoms with E-state index in [-0.39, 0.29) is 0 Å². The third-order valence-electron chi connectivity index (χ3n) is 6.98. The minimum Gasteiger partial charge on any atom is -0.0953 e. The molecular weight excluding hydrogens is 419 g/mol. The van der Waals surface area contributed by atoms with E-state index in [0.29, 0.717) is 23.7 Å². The van der Waals surface area contributed by atoms with E-state index in [2.05, 4.69) is 68.1 Å². The number of rotatable bonds is 5. The van der Waals surface area contributed by atoms with Crippen LogP contribution in [0.5, 0.6) is 0 Å². The van der Waals surface area contributed by atoms with Crippen LogP contribution in [0.2, 0.25) is 10.0 Å². The van der Waals surface area contributed by atoms with E-state index in [0.717, 1.165) is 22.9 Å². The molecule has 0 radical (unpaired) electrons. The van der Waals surface area contributed by atoms with Crippen molar-refractivity contribution in [3.63, 3.8) is 0 Å². The Morgan fingerprint density at radius 2 is 1.65 bits per heavy atom. The van der Waals surface area contributed by atoms with Gasteiger partial charge in [-0.2, -0.15) is 0 Å². The topological polar surface area (TPSA) is 0 Å². The maximum atomic E-state index is 6.23. The van der Waals surface area contributed by atoms with Crippen LogP contribution < -0.4 is 0 Å². The Hall–Kier alpha value is -2.02. The van der Waals surface area contributed by atoms with Gasteiger partial charge in [0.25, 0.3) is 0 Å². The zero-order valence-corrected chi connectivity index (χ0v) is 19.6. The molecule has 2 heteroatoms. The van der Waals surface area contributed by atoms with Crippen LogP contribution in [0, 0.1) is 17.8 Å². The summed E-state index contributed by atoms with van der Waals surface area (Å²) >= 11 is 12.3. The first-order chi connectivity index (χ1) is 15.0. The molecule has 0 saturated heterocycles. The molecule has 1 fully saturated rings. The standard InChI is InChI=1S/C29H30Cl2/c1-20-25(19-22-11-15-26(30)16-12-22)9-6-10-28(20)29(24-13-17-27(31)18-14-24)21(2)23-7-4-3-5-8-23/h3-5,7,11-19,21,23,28-29H,1,6,8-10H2,2H3/b25-19+. The Bertz CT molecular complexity index is 992. The quantitative estimate of drug-likeness (QED) is 0.427. The van der Waals surface area contributed by atoms with Crippen LogP contribution in [0.3, 0.4) is 0 Å². The molecule has 2 aromatic rings. The van der Waals surface area contributed by atoms with Gasteiger partial charge in [0.05, 0.1) is 0 Å². The lowest BCUT2D eigenvalue weighted by Crippen LogP contribution is -2.28. The molecular formula is C29H30Cl2. The fraction of sp³-hybridized carbons (Fsp3) is 0.310. The van der Waals surface area contributed by atoms with Gasteiger partial charge in [0.1, 0.15) is 0 Å². The fourth-order valence-corrected chi connectivity index (χ4v) is 5.50. The Morgan fingerprint density at radius 1 is 0.968 bits per heavy atom. The molecule has 2 aliphatic carbocycles. The summed E-state index contributed by atoms with van der Waals surface area (Å²) in [6.07, 6.45) is 15.9. The minimum atomic E-state index is 0.417. The van der Waals surface area contributed by atoms with E-state index in [1.54, 1.807) is 0 Å². The molecule has 0 aliphatic heterocycles. The Labute approximate surface area is 197 Å². The van der Waals surface area contributed by atoms with Crippen molar-refractivity contribution in [3.05, 3.63) is 112 Å². The Kier molecular flexibility index (Phi) is 7.20.